The largest absolute Gasteiger partial charge is 0.461 e. The normalized spacial score (nSPS) is 12.1. The monoisotopic (exact) mass is 345 g/mol. The van der Waals surface area contributed by atoms with Crippen LogP contribution in [0.25, 0.3) is 11.6 Å². The van der Waals surface area contributed by atoms with Gasteiger partial charge in [-0.05, 0) is 29.8 Å². The molecule has 0 aliphatic rings. The van der Waals surface area contributed by atoms with Gasteiger partial charge in [-0.25, -0.2) is 4.39 Å². The maximum atomic E-state index is 13.1. The third-order valence-electron chi connectivity index (χ3n) is 3.50. The molecule has 3 rings (SSSR count). The Hall–Kier alpha value is -3.00. The summed E-state index contributed by atoms with van der Waals surface area (Å²) in [4.78, 5) is 16.0. The highest BCUT2D eigenvalue weighted by Gasteiger charge is 2.14. The van der Waals surface area contributed by atoms with Crippen molar-refractivity contribution in [3.63, 3.8) is 0 Å². The fourth-order valence-corrected chi connectivity index (χ4v) is 2.21. The molecule has 1 amide bonds. The van der Waals surface area contributed by atoms with E-state index in [1.807, 2.05) is 0 Å². The van der Waals surface area contributed by atoms with E-state index in [1.165, 1.54) is 24.5 Å². The predicted octanol–water partition coefficient (Wildman–Crippen LogP) is 2.25. The molecule has 0 bridgehead atoms. The average Bonchev–Trinajstić information content (AvgIpc) is 3.29. The number of nitrogens with zero attached hydrogens (tertiary/aromatic N) is 2. The molecule has 0 saturated carbocycles. The van der Waals surface area contributed by atoms with Gasteiger partial charge in [0.15, 0.2) is 5.76 Å². The van der Waals surface area contributed by atoms with Crippen LogP contribution < -0.4 is 5.32 Å². The lowest BCUT2D eigenvalue weighted by Gasteiger charge is -2.12. The molecule has 0 radical (unpaired) electrons. The van der Waals surface area contributed by atoms with Gasteiger partial charge in [0.2, 0.25) is 17.6 Å². The van der Waals surface area contributed by atoms with Gasteiger partial charge in [-0.3, -0.25) is 4.79 Å². The van der Waals surface area contributed by atoms with Gasteiger partial charge in [0.25, 0.3) is 0 Å². The van der Waals surface area contributed by atoms with Gasteiger partial charge in [0, 0.05) is 19.4 Å². The number of nitrogens with one attached hydrogen (secondary N) is 1. The molecule has 0 spiro atoms. The van der Waals surface area contributed by atoms with E-state index < -0.39 is 11.9 Å². The van der Waals surface area contributed by atoms with Crippen LogP contribution in [0.5, 0.6) is 0 Å². The maximum Gasteiger partial charge on any atom is 0.238 e. The van der Waals surface area contributed by atoms with Crippen molar-refractivity contribution in [2.45, 2.75) is 18.9 Å². The highest BCUT2D eigenvalue weighted by molar-refractivity contribution is 5.76. The summed E-state index contributed by atoms with van der Waals surface area (Å²) >= 11 is 0. The molecular formula is C17H16FN3O4. The molecule has 1 aromatic carbocycles. The van der Waals surface area contributed by atoms with Crippen LogP contribution in [0.3, 0.4) is 0 Å². The van der Waals surface area contributed by atoms with Crippen molar-refractivity contribution in [2.75, 3.05) is 6.54 Å². The molecule has 7 nitrogen and oxygen atoms in total. The number of halogens is 1. The minimum atomic E-state index is -0.978. The SMILES string of the molecule is O=C(CCc1nc(-c2ccco2)no1)NCC(O)c1cccc(F)c1. The Kier molecular flexibility index (Phi) is 5.20. The molecule has 2 aromatic heterocycles. The van der Waals surface area contributed by atoms with Gasteiger partial charge in [0.05, 0.1) is 12.4 Å². The van der Waals surface area contributed by atoms with E-state index >= 15 is 0 Å². The van der Waals surface area contributed by atoms with E-state index in [0.717, 1.165) is 0 Å². The number of amides is 1. The van der Waals surface area contributed by atoms with Crippen molar-refractivity contribution < 1.29 is 23.2 Å². The zero-order chi connectivity index (χ0) is 17.6. The first-order chi connectivity index (χ1) is 12.1. The van der Waals surface area contributed by atoms with Crippen LogP contribution >= 0.6 is 0 Å². The van der Waals surface area contributed by atoms with Gasteiger partial charge < -0.3 is 19.4 Å². The van der Waals surface area contributed by atoms with Crippen LogP contribution in [0.4, 0.5) is 4.39 Å². The Labute approximate surface area is 142 Å². The van der Waals surface area contributed by atoms with E-state index in [2.05, 4.69) is 15.5 Å². The third-order valence-corrected chi connectivity index (χ3v) is 3.50. The Morgan fingerprint density at radius 3 is 2.96 bits per heavy atom. The summed E-state index contributed by atoms with van der Waals surface area (Å²) in [7, 11) is 0. The highest BCUT2D eigenvalue weighted by Crippen LogP contribution is 2.16. The molecule has 0 aliphatic heterocycles. The number of rotatable bonds is 7. The Balaban J connectivity index is 1.45. The number of hydrogen-bond donors (Lipinski definition) is 2. The van der Waals surface area contributed by atoms with E-state index in [4.69, 9.17) is 8.94 Å². The molecule has 3 aromatic rings. The number of aryl methyl sites for hydroxylation is 1. The van der Waals surface area contributed by atoms with Crippen molar-refractivity contribution in [3.05, 3.63) is 59.9 Å². The lowest BCUT2D eigenvalue weighted by atomic mass is 10.1. The minimum absolute atomic E-state index is 0.0102. The molecule has 0 saturated heterocycles. The molecule has 0 fully saturated rings. The number of carbonyl (C=O) groups excluding carboxylic acids is 1. The Bertz CT molecular complexity index is 832. The first kappa shape index (κ1) is 16.8. The molecule has 1 unspecified atom stereocenters. The van der Waals surface area contributed by atoms with Crippen LogP contribution in [0.15, 0.2) is 51.6 Å². The zero-order valence-corrected chi connectivity index (χ0v) is 13.2. The number of aromatic nitrogens is 2. The maximum absolute atomic E-state index is 13.1. The first-order valence-electron chi connectivity index (χ1n) is 7.68. The first-order valence-corrected chi connectivity index (χ1v) is 7.68. The van der Waals surface area contributed by atoms with Gasteiger partial charge in [-0.1, -0.05) is 17.3 Å². The summed E-state index contributed by atoms with van der Waals surface area (Å²) in [6.45, 7) is -0.0102. The standard InChI is InChI=1S/C17H16FN3O4/c18-12-4-1-3-11(9-12)13(22)10-19-15(23)6-7-16-20-17(21-25-16)14-5-2-8-24-14/h1-5,8-9,13,22H,6-7,10H2,(H,19,23). The second-order valence-electron chi connectivity index (χ2n) is 5.36. The van der Waals surface area contributed by atoms with Gasteiger partial charge >= 0.3 is 0 Å². The molecular weight excluding hydrogens is 329 g/mol. The van der Waals surface area contributed by atoms with E-state index in [-0.39, 0.29) is 25.3 Å². The lowest BCUT2D eigenvalue weighted by molar-refractivity contribution is -0.121. The average molecular weight is 345 g/mol. The zero-order valence-electron chi connectivity index (χ0n) is 13.2. The van der Waals surface area contributed by atoms with Crippen molar-refractivity contribution in [2.24, 2.45) is 0 Å². The molecule has 25 heavy (non-hydrogen) atoms. The number of carbonyl (C=O) groups is 1. The van der Waals surface area contributed by atoms with Crippen LogP contribution in [-0.2, 0) is 11.2 Å². The van der Waals surface area contributed by atoms with E-state index in [0.29, 0.717) is 23.0 Å². The highest BCUT2D eigenvalue weighted by atomic mass is 19.1. The summed E-state index contributed by atoms with van der Waals surface area (Å²) in [6, 6.07) is 9.02. The van der Waals surface area contributed by atoms with E-state index in [1.54, 1.807) is 18.2 Å². The molecule has 2 N–H and O–H groups in total. The summed E-state index contributed by atoms with van der Waals surface area (Å²) < 4.78 is 23.3. The van der Waals surface area contributed by atoms with Gasteiger partial charge in [-0.15, -0.1) is 0 Å². The van der Waals surface area contributed by atoms with Crippen LogP contribution in [0.1, 0.15) is 24.0 Å². The summed E-state index contributed by atoms with van der Waals surface area (Å²) in [5, 5.41) is 16.3. The van der Waals surface area contributed by atoms with Crippen molar-refractivity contribution >= 4 is 5.91 Å². The molecule has 0 aliphatic carbocycles. The van der Waals surface area contributed by atoms with Gasteiger partial charge in [0.1, 0.15) is 5.82 Å². The van der Waals surface area contributed by atoms with Crippen molar-refractivity contribution in [1.29, 1.82) is 0 Å². The van der Waals surface area contributed by atoms with Crippen LogP contribution in [0, 0.1) is 5.82 Å². The summed E-state index contributed by atoms with van der Waals surface area (Å²) in [5.41, 5.74) is 0.403. The molecule has 1 atom stereocenters. The topological polar surface area (TPSA) is 101 Å². The predicted molar refractivity (Wildman–Crippen MR) is 84.7 cm³/mol. The second kappa shape index (κ2) is 7.71. The quantitative estimate of drug-likeness (QED) is 0.681. The molecule has 2 heterocycles. The smallest absolute Gasteiger partial charge is 0.238 e. The van der Waals surface area contributed by atoms with Gasteiger partial charge in [-0.2, -0.15) is 4.98 Å². The number of hydrogen-bond acceptors (Lipinski definition) is 6. The van der Waals surface area contributed by atoms with Crippen molar-refractivity contribution in [3.8, 4) is 11.6 Å². The van der Waals surface area contributed by atoms with Crippen LogP contribution in [-0.4, -0.2) is 27.7 Å². The van der Waals surface area contributed by atoms with Crippen LogP contribution in [0.2, 0.25) is 0 Å². The minimum Gasteiger partial charge on any atom is -0.461 e. The van der Waals surface area contributed by atoms with E-state index in [9.17, 15) is 14.3 Å². The van der Waals surface area contributed by atoms with Crippen molar-refractivity contribution in [1.82, 2.24) is 15.5 Å². The Morgan fingerprint density at radius 1 is 1.32 bits per heavy atom. The molecule has 8 heteroatoms. The molecule has 130 valence electrons. The fraction of sp³-hybridized carbons (Fsp3) is 0.235. The lowest BCUT2D eigenvalue weighted by Crippen LogP contribution is -2.28. The summed E-state index contributed by atoms with van der Waals surface area (Å²) in [6.07, 6.45) is 0.905. The fourth-order valence-electron chi connectivity index (χ4n) is 2.21. The Morgan fingerprint density at radius 2 is 2.20 bits per heavy atom. The number of aliphatic hydroxyl groups excluding tert-OH is 1. The number of aliphatic hydroxyl groups is 1. The summed E-state index contributed by atoms with van der Waals surface area (Å²) in [5.74, 6) is 0.395. The number of furan rings is 1. The second-order valence-corrected chi connectivity index (χ2v) is 5.36. The number of benzene rings is 1. The third kappa shape index (κ3) is 4.51.